The van der Waals surface area contributed by atoms with E-state index in [2.05, 4.69) is 61.2 Å². The van der Waals surface area contributed by atoms with Crippen molar-refractivity contribution in [1.29, 1.82) is 0 Å². The first-order valence-electron chi connectivity index (χ1n) is 8.21. The number of hydrogen-bond donors (Lipinski definition) is 0. The summed E-state index contributed by atoms with van der Waals surface area (Å²) in [5, 5.41) is 0. The maximum atomic E-state index is 5.54. The van der Waals surface area contributed by atoms with Crippen LogP contribution in [0.5, 0.6) is 11.5 Å². The van der Waals surface area contributed by atoms with Crippen molar-refractivity contribution in [1.82, 2.24) is 4.90 Å². The Morgan fingerprint density at radius 3 is 2.26 bits per heavy atom. The zero-order valence-corrected chi connectivity index (χ0v) is 14.4. The van der Waals surface area contributed by atoms with Crippen molar-refractivity contribution in [3.05, 3.63) is 59.2 Å². The van der Waals surface area contributed by atoms with Gasteiger partial charge in [-0.2, -0.15) is 0 Å². The van der Waals surface area contributed by atoms with Crippen LogP contribution in [0.4, 0.5) is 0 Å². The molecule has 23 heavy (non-hydrogen) atoms. The minimum absolute atomic E-state index is 0.264. The molecule has 2 aromatic carbocycles. The van der Waals surface area contributed by atoms with Gasteiger partial charge in [0.15, 0.2) is 11.5 Å². The maximum absolute atomic E-state index is 5.54. The molecule has 0 fully saturated rings. The third kappa shape index (κ3) is 2.93. The number of rotatable bonds is 4. The lowest BCUT2D eigenvalue weighted by atomic mass is 9.87. The standard InChI is InChI=1S/C20H25NO2/c1-14(2)21-11-10-16-12-18(22-3)19(23-4)13-17(16)20(21)15-8-6-5-7-9-15/h5-9,12-14,20H,10-11H2,1-4H3/t20-/m1/s1. The van der Waals surface area contributed by atoms with Gasteiger partial charge in [-0.25, -0.2) is 0 Å². The summed E-state index contributed by atoms with van der Waals surface area (Å²) in [6, 6.07) is 15.8. The average molecular weight is 311 g/mol. The SMILES string of the molecule is COc1cc2c(cc1OC)[C@@H](c1ccccc1)N(C(C)C)CC2. The zero-order chi connectivity index (χ0) is 16.4. The van der Waals surface area contributed by atoms with E-state index in [0.717, 1.165) is 24.5 Å². The first kappa shape index (κ1) is 15.9. The lowest BCUT2D eigenvalue weighted by molar-refractivity contribution is 0.167. The number of hydrogen-bond acceptors (Lipinski definition) is 3. The second-order valence-corrected chi connectivity index (χ2v) is 6.30. The van der Waals surface area contributed by atoms with Crippen LogP contribution in [0.15, 0.2) is 42.5 Å². The summed E-state index contributed by atoms with van der Waals surface area (Å²) in [7, 11) is 3.40. The van der Waals surface area contributed by atoms with E-state index in [-0.39, 0.29) is 6.04 Å². The summed E-state index contributed by atoms with van der Waals surface area (Å²) < 4.78 is 11.0. The van der Waals surface area contributed by atoms with Crippen LogP contribution < -0.4 is 9.47 Å². The molecule has 0 aromatic heterocycles. The lowest BCUT2D eigenvalue weighted by Gasteiger charge is -2.40. The van der Waals surface area contributed by atoms with Crippen molar-refractivity contribution in [3.8, 4) is 11.5 Å². The van der Waals surface area contributed by atoms with E-state index in [1.807, 2.05) is 0 Å². The van der Waals surface area contributed by atoms with Crippen LogP contribution in [0, 0.1) is 0 Å². The van der Waals surface area contributed by atoms with Gasteiger partial charge in [0.25, 0.3) is 0 Å². The maximum Gasteiger partial charge on any atom is 0.161 e. The van der Waals surface area contributed by atoms with E-state index in [0.29, 0.717) is 6.04 Å². The summed E-state index contributed by atoms with van der Waals surface area (Å²) in [5.74, 6) is 1.62. The highest BCUT2D eigenvalue weighted by molar-refractivity contribution is 5.51. The van der Waals surface area contributed by atoms with Gasteiger partial charge in [-0.05, 0) is 49.1 Å². The van der Waals surface area contributed by atoms with Gasteiger partial charge in [-0.15, -0.1) is 0 Å². The monoisotopic (exact) mass is 311 g/mol. The predicted octanol–water partition coefficient (Wildman–Crippen LogP) is 4.06. The topological polar surface area (TPSA) is 21.7 Å². The zero-order valence-electron chi connectivity index (χ0n) is 14.4. The molecule has 3 heteroatoms. The Bertz CT molecular complexity index is 667. The smallest absolute Gasteiger partial charge is 0.161 e. The molecule has 1 heterocycles. The third-order valence-electron chi connectivity index (χ3n) is 4.69. The summed E-state index contributed by atoms with van der Waals surface area (Å²) in [6.45, 7) is 5.59. The molecule has 1 atom stereocenters. The quantitative estimate of drug-likeness (QED) is 0.850. The first-order valence-corrected chi connectivity index (χ1v) is 8.21. The van der Waals surface area contributed by atoms with E-state index in [4.69, 9.17) is 9.47 Å². The van der Waals surface area contributed by atoms with E-state index >= 15 is 0 Å². The highest BCUT2D eigenvalue weighted by Gasteiger charge is 2.31. The fourth-order valence-corrected chi connectivity index (χ4v) is 3.53. The van der Waals surface area contributed by atoms with Gasteiger partial charge < -0.3 is 9.47 Å². The molecular weight excluding hydrogens is 286 g/mol. The Hall–Kier alpha value is -2.00. The van der Waals surface area contributed by atoms with Gasteiger partial charge in [0.2, 0.25) is 0 Å². The van der Waals surface area contributed by atoms with E-state index in [1.54, 1.807) is 14.2 Å². The summed E-state index contributed by atoms with van der Waals surface area (Å²) in [6.07, 6.45) is 1.04. The molecule has 0 bridgehead atoms. The lowest BCUT2D eigenvalue weighted by Crippen LogP contribution is -2.40. The van der Waals surface area contributed by atoms with Gasteiger partial charge in [0.1, 0.15) is 0 Å². The normalized spacial score (nSPS) is 17.9. The van der Waals surface area contributed by atoms with Crippen molar-refractivity contribution in [2.45, 2.75) is 32.4 Å². The van der Waals surface area contributed by atoms with Gasteiger partial charge in [-0.3, -0.25) is 4.90 Å². The van der Waals surface area contributed by atoms with Crippen molar-refractivity contribution < 1.29 is 9.47 Å². The molecule has 0 amide bonds. The van der Waals surface area contributed by atoms with Crippen LogP contribution in [-0.2, 0) is 6.42 Å². The minimum atomic E-state index is 0.264. The Morgan fingerprint density at radius 2 is 1.65 bits per heavy atom. The van der Waals surface area contributed by atoms with E-state index < -0.39 is 0 Å². The summed E-state index contributed by atoms with van der Waals surface area (Å²) in [4.78, 5) is 2.56. The molecular formula is C20H25NO2. The van der Waals surface area contributed by atoms with Gasteiger partial charge >= 0.3 is 0 Å². The minimum Gasteiger partial charge on any atom is -0.493 e. The fraction of sp³-hybridized carbons (Fsp3) is 0.400. The molecule has 0 aliphatic carbocycles. The molecule has 0 radical (unpaired) electrons. The molecule has 0 N–H and O–H groups in total. The number of methoxy groups -OCH3 is 2. The molecule has 0 saturated carbocycles. The average Bonchev–Trinajstić information content (AvgIpc) is 2.59. The van der Waals surface area contributed by atoms with E-state index in [1.165, 1.54) is 16.7 Å². The molecule has 3 nitrogen and oxygen atoms in total. The Kier molecular flexibility index (Phi) is 4.58. The van der Waals surface area contributed by atoms with Crippen molar-refractivity contribution >= 4 is 0 Å². The summed E-state index contributed by atoms with van der Waals surface area (Å²) >= 11 is 0. The Labute approximate surface area is 138 Å². The molecule has 3 rings (SSSR count). The van der Waals surface area contributed by atoms with Crippen molar-refractivity contribution in [2.24, 2.45) is 0 Å². The Balaban J connectivity index is 2.15. The molecule has 122 valence electrons. The molecule has 1 aliphatic heterocycles. The van der Waals surface area contributed by atoms with Crippen molar-refractivity contribution in [3.63, 3.8) is 0 Å². The Morgan fingerprint density at radius 1 is 1.00 bits per heavy atom. The summed E-state index contributed by atoms with van der Waals surface area (Å²) in [5.41, 5.74) is 4.01. The fourth-order valence-electron chi connectivity index (χ4n) is 3.53. The second-order valence-electron chi connectivity index (χ2n) is 6.30. The van der Waals surface area contributed by atoms with Crippen LogP contribution >= 0.6 is 0 Å². The van der Waals surface area contributed by atoms with Crippen LogP contribution in [0.2, 0.25) is 0 Å². The van der Waals surface area contributed by atoms with Crippen LogP contribution in [0.3, 0.4) is 0 Å². The number of benzene rings is 2. The molecule has 0 unspecified atom stereocenters. The predicted molar refractivity (Wildman–Crippen MR) is 93.4 cm³/mol. The molecule has 0 spiro atoms. The van der Waals surface area contributed by atoms with Gasteiger partial charge in [0, 0.05) is 12.6 Å². The number of ether oxygens (including phenoxy) is 2. The van der Waals surface area contributed by atoms with Crippen LogP contribution in [0.1, 0.15) is 36.6 Å². The van der Waals surface area contributed by atoms with Gasteiger partial charge in [-0.1, -0.05) is 30.3 Å². The highest BCUT2D eigenvalue weighted by atomic mass is 16.5. The number of nitrogens with zero attached hydrogens (tertiary/aromatic N) is 1. The van der Waals surface area contributed by atoms with Crippen molar-refractivity contribution in [2.75, 3.05) is 20.8 Å². The molecule has 1 aliphatic rings. The molecule has 2 aromatic rings. The number of fused-ring (bicyclic) bond motifs is 1. The van der Waals surface area contributed by atoms with Crippen LogP contribution in [-0.4, -0.2) is 31.7 Å². The molecule has 0 saturated heterocycles. The largest absolute Gasteiger partial charge is 0.493 e. The highest BCUT2D eigenvalue weighted by Crippen LogP contribution is 2.41. The van der Waals surface area contributed by atoms with E-state index in [9.17, 15) is 0 Å². The second kappa shape index (κ2) is 6.63. The first-order chi connectivity index (χ1) is 11.2. The third-order valence-corrected chi connectivity index (χ3v) is 4.69. The van der Waals surface area contributed by atoms with Gasteiger partial charge in [0.05, 0.1) is 20.3 Å². The van der Waals surface area contributed by atoms with Crippen LogP contribution in [0.25, 0.3) is 0 Å².